The van der Waals surface area contributed by atoms with Crippen LogP contribution in [0.5, 0.6) is 17.2 Å². The Morgan fingerprint density at radius 3 is 2.86 bits per heavy atom. The van der Waals surface area contributed by atoms with E-state index in [-0.39, 0.29) is 0 Å². The quantitative estimate of drug-likeness (QED) is 0.663. The summed E-state index contributed by atoms with van der Waals surface area (Å²) in [7, 11) is 0. The van der Waals surface area contributed by atoms with Gasteiger partial charge >= 0.3 is 0 Å². The molecule has 0 aliphatic carbocycles. The smallest absolute Gasteiger partial charge is 0.282 e. The third-order valence-corrected chi connectivity index (χ3v) is 4.59. The van der Waals surface area contributed by atoms with Crippen LogP contribution in [0.3, 0.4) is 0 Å². The van der Waals surface area contributed by atoms with Gasteiger partial charge in [-0.25, -0.2) is 0 Å². The van der Waals surface area contributed by atoms with E-state index in [9.17, 15) is 0 Å². The molecule has 0 radical (unpaired) electrons. The van der Waals surface area contributed by atoms with Crippen LogP contribution in [0, 0.1) is 0 Å². The van der Waals surface area contributed by atoms with E-state index in [0.29, 0.717) is 11.6 Å². The fraction of sp³-hybridized carbons (Fsp3) is 0.250. The summed E-state index contributed by atoms with van der Waals surface area (Å²) in [5.41, 5.74) is 0.882. The highest BCUT2D eigenvalue weighted by Crippen LogP contribution is 2.52. The summed E-state index contributed by atoms with van der Waals surface area (Å²) >= 11 is 9.58. The van der Waals surface area contributed by atoms with Gasteiger partial charge in [0.1, 0.15) is 5.75 Å². The standard InChI is InChI=1S/C16H12BrClO3/c17-12-3-1-4-13-15(12)21-16(20-13)7-2-8-19-14-9-10(18)5-6-11(14)16/h1,3-6,9H,2,7-8H2. The number of rotatable bonds is 0. The molecular formula is C16H12BrClO3. The maximum atomic E-state index is 6.22. The lowest BCUT2D eigenvalue weighted by Crippen LogP contribution is -2.35. The van der Waals surface area contributed by atoms with Crippen LogP contribution in [0.1, 0.15) is 18.4 Å². The van der Waals surface area contributed by atoms with Gasteiger partial charge in [0.2, 0.25) is 0 Å². The van der Waals surface area contributed by atoms with E-state index in [0.717, 1.165) is 40.1 Å². The van der Waals surface area contributed by atoms with Crippen molar-refractivity contribution in [2.24, 2.45) is 0 Å². The van der Waals surface area contributed by atoms with Crippen LogP contribution in [-0.2, 0) is 5.79 Å². The largest absolute Gasteiger partial charge is 0.493 e. The molecule has 2 aromatic carbocycles. The second-order valence-corrected chi connectivity index (χ2v) is 6.41. The summed E-state index contributed by atoms with van der Waals surface area (Å²) in [6.07, 6.45) is 1.57. The van der Waals surface area contributed by atoms with Crippen molar-refractivity contribution in [1.29, 1.82) is 0 Å². The number of para-hydroxylation sites is 1. The van der Waals surface area contributed by atoms with E-state index < -0.39 is 5.79 Å². The SMILES string of the molecule is Clc1ccc2c(c1)OCCCC21Oc2cccc(Br)c2O1. The van der Waals surface area contributed by atoms with Crippen LogP contribution in [0.4, 0.5) is 0 Å². The van der Waals surface area contributed by atoms with Crippen molar-refractivity contribution in [3.63, 3.8) is 0 Å². The van der Waals surface area contributed by atoms with E-state index in [4.69, 9.17) is 25.8 Å². The Morgan fingerprint density at radius 1 is 1.10 bits per heavy atom. The summed E-state index contributed by atoms with van der Waals surface area (Å²) in [5, 5.41) is 0.641. The number of ether oxygens (including phenoxy) is 3. The molecule has 0 amide bonds. The second kappa shape index (κ2) is 4.82. The molecule has 2 aliphatic heterocycles. The van der Waals surface area contributed by atoms with Crippen LogP contribution >= 0.6 is 27.5 Å². The predicted molar refractivity (Wildman–Crippen MR) is 83.3 cm³/mol. The molecule has 3 nitrogen and oxygen atoms in total. The molecule has 0 bridgehead atoms. The first-order valence-corrected chi connectivity index (χ1v) is 7.94. The highest BCUT2D eigenvalue weighted by atomic mass is 79.9. The molecule has 4 rings (SSSR count). The molecule has 1 unspecified atom stereocenters. The summed E-state index contributed by atoms with van der Waals surface area (Å²) < 4.78 is 19.1. The summed E-state index contributed by atoms with van der Waals surface area (Å²) in [6.45, 7) is 0.624. The lowest BCUT2D eigenvalue weighted by Gasteiger charge is -2.27. The van der Waals surface area contributed by atoms with Crippen LogP contribution in [-0.4, -0.2) is 6.61 Å². The maximum absolute atomic E-state index is 6.22. The first-order chi connectivity index (χ1) is 10.2. The van der Waals surface area contributed by atoms with Gasteiger partial charge in [0, 0.05) is 11.4 Å². The monoisotopic (exact) mass is 366 g/mol. The number of hydrogen-bond acceptors (Lipinski definition) is 3. The van der Waals surface area contributed by atoms with Crippen LogP contribution in [0.15, 0.2) is 40.9 Å². The Balaban J connectivity index is 1.85. The molecule has 1 atom stereocenters. The zero-order valence-corrected chi connectivity index (χ0v) is 13.4. The van der Waals surface area contributed by atoms with Crippen LogP contribution in [0.2, 0.25) is 5.02 Å². The minimum atomic E-state index is -0.831. The van der Waals surface area contributed by atoms with Gasteiger partial charge in [-0.15, -0.1) is 0 Å². The average Bonchev–Trinajstić information content (AvgIpc) is 2.76. The molecule has 21 heavy (non-hydrogen) atoms. The van der Waals surface area contributed by atoms with Gasteiger partial charge in [0.05, 0.1) is 16.6 Å². The van der Waals surface area contributed by atoms with Gasteiger partial charge in [-0.05, 0) is 52.7 Å². The Labute approximate surface area is 135 Å². The third kappa shape index (κ3) is 2.09. The molecule has 108 valence electrons. The normalized spacial score (nSPS) is 22.6. The predicted octanol–water partition coefficient (Wildman–Crippen LogP) is 4.90. The molecule has 2 heterocycles. The van der Waals surface area contributed by atoms with Gasteiger partial charge < -0.3 is 14.2 Å². The topological polar surface area (TPSA) is 27.7 Å². The van der Waals surface area contributed by atoms with Crippen molar-refractivity contribution >= 4 is 27.5 Å². The number of hydrogen-bond donors (Lipinski definition) is 0. The average molecular weight is 368 g/mol. The van der Waals surface area contributed by atoms with Crippen LogP contribution in [0.25, 0.3) is 0 Å². The number of fused-ring (bicyclic) bond motifs is 3. The molecule has 0 saturated heterocycles. The minimum absolute atomic E-state index is 0.624. The highest BCUT2D eigenvalue weighted by molar-refractivity contribution is 9.10. The summed E-state index contributed by atoms with van der Waals surface area (Å²) in [5.74, 6) is 1.37. The molecule has 0 aromatic heterocycles. The van der Waals surface area contributed by atoms with Crippen molar-refractivity contribution in [1.82, 2.24) is 0 Å². The first kappa shape index (κ1) is 13.3. The van der Waals surface area contributed by atoms with E-state index in [1.165, 1.54) is 0 Å². The van der Waals surface area contributed by atoms with Gasteiger partial charge in [0.15, 0.2) is 11.5 Å². The van der Waals surface area contributed by atoms with Gasteiger partial charge in [-0.1, -0.05) is 17.7 Å². The fourth-order valence-corrected chi connectivity index (χ4v) is 3.39. The van der Waals surface area contributed by atoms with E-state index in [1.807, 2.05) is 36.4 Å². The highest BCUT2D eigenvalue weighted by Gasteiger charge is 2.46. The molecule has 0 saturated carbocycles. The number of benzene rings is 2. The van der Waals surface area contributed by atoms with E-state index in [2.05, 4.69) is 15.9 Å². The van der Waals surface area contributed by atoms with Crippen molar-refractivity contribution in [2.45, 2.75) is 18.6 Å². The summed E-state index contributed by atoms with van der Waals surface area (Å²) in [4.78, 5) is 0. The zero-order valence-electron chi connectivity index (χ0n) is 11.1. The van der Waals surface area contributed by atoms with Crippen molar-refractivity contribution < 1.29 is 14.2 Å². The van der Waals surface area contributed by atoms with E-state index >= 15 is 0 Å². The molecule has 2 aliphatic rings. The number of halogens is 2. The molecule has 1 spiro atoms. The fourth-order valence-electron chi connectivity index (χ4n) is 2.80. The molecule has 0 N–H and O–H groups in total. The lowest BCUT2D eigenvalue weighted by molar-refractivity contribution is -0.0924. The molecule has 2 aromatic rings. The molecule has 5 heteroatoms. The Kier molecular flexibility index (Phi) is 3.05. The molecular weight excluding hydrogens is 356 g/mol. The Morgan fingerprint density at radius 2 is 2.00 bits per heavy atom. The van der Waals surface area contributed by atoms with Crippen molar-refractivity contribution in [3.8, 4) is 17.2 Å². The van der Waals surface area contributed by atoms with Gasteiger partial charge in [-0.3, -0.25) is 0 Å². The van der Waals surface area contributed by atoms with E-state index in [1.54, 1.807) is 0 Å². The van der Waals surface area contributed by atoms with Crippen molar-refractivity contribution in [3.05, 3.63) is 51.5 Å². The van der Waals surface area contributed by atoms with Crippen molar-refractivity contribution in [2.75, 3.05) is 6.61 Å². The van der Waals surface area contributed by atoms with Crippen LogP contribution < -0.4 is 14.2 Å². The first-order valence-electron chi connectivity index (χ1n) is 6.77. The molecule has 0 fully saturated rings. The Hall–Kier alpha value is -1.39. The summed E-state index contributed by atoms with van der Waals surface area (Å²) in [6, 6.07) is 11.4. The lowest BCUT2D eigenvalue weighted by atomic mass is 10.0. The third-order valence-electron chi connectivity index (χ3n) is 3.73. The van der Waals surface area contributed by atoms with Gasteiger partial charge in [0.25, 0.3) is 5.79 Å². The second-order valence-electron chi connectivity index (χ2n) is 5.12. The Bertz CT molecular complexity index is 719. The van der Waals surface area contributed by atoms with Gasteiger partial charge in [-0.2, -0.15) is 0 Å². The zero-order chi connectivity index (χ0) is 14.4. The minimum Gasteiger partial charge on any atom is -0.493 e. The maximum Gasteiger partial charge on any atom is 0.282 e.